The first-order valence-electron chi connectivity index (χ1n) is 8.75. The molecule has 1 amide bonds. The first kappa shape index (κ1) is 25.8. The largest absolute Gasteiger partial charge is 1.00 e. The van der Waals surface area contributed by atoms with Crippen molar-refractivity contribution < 1.29 is 61.0 Å². The summed E-state index contributed by atoms with van der Waals surface area (Å²) in [5, 5.41) is 12.0. The van der Waals surface area contributed by atoms with Crippen molar-refractivity contribution in [3.05, 3.63) is 67.0 Å². The Hall–Kier alpha value is -1.16. The summed E-state index contributed by atoms with van der Waals surface area (Å²) in [5.41, 5.74) is 2.80. The van der Waals surface area contributed by atoms with Crippen LogP contribution in [0.5, 0.6) is 0 Å². The molecule has 0 spiro atoms. The number of allylic oxidation sites excluding steroid dienone is 3. The van der Waals surface area contributed by atoms with Crippen LogP contribution in [0, 0.1) is 30.6 Å². The third kappa shape index (κ3) is 9.05. The zero-order valence-electron chi connectivity index (χ0n) is 16.3. The molecule has 1 aliphatic rings. The van der Waals surface area contributed by atoms with E-state index >= 15 is 0 Å². The van der Waals surface area contributed by atoms with Crippen molar-refractivity contribution in [1.29, 1.82) is 5.26 Å². The molecule has 1 aliphatic carbocycles. The molecule has 2 rings (SSSR count). The molecule has 0 heterocycles. The molecule has 0 aromatic heterocycles. The summed E-state index contributed by atoms with van der Waals surface area (Å²) in [5.74, 6) is 0.197. The van der Waals surface area contributed by atoms with Crippen LogP contribution in [0.4, 0.5) is 5.69 Å². The zero-order valence-corrected chi connectivity index (χ0v) is 19.4. The molecule has 27 heavy (non-hydrogen) atoms. The van der Waals surface area contributed by atoms with Crippen molar-refractivity contribution >= 4 is 17.9 Å². The SMILES string of the molecule is C=C/C([C-]=O)=C/[CH2-].CCc1ccc(NC(=O)C2CC[CH-]CC2)cc1C#N.[K+]. The van der Waals surface area contributed by atoms with Crippen LogP contribution in [0.15, 0.2) is 42.5 Å². The van der Waals surface area contributed by atoms with Gasteiger partial charge in [0, 0.05) is 11.6 Å². The first-order chi connectivity index (χ1) is 12.6. The van der Waals surface area contributed by atoms with Crippen LogP contribution in [0.25, 0.3) is 0 Å². The number of hydrogen-bond acceptors (Lipinski definition) is 3. The summed E-state index contributed by atoms with van der Waals surface area (Å²) < 4.78 is 0. The summed E-state index contributed by atoms with van der Waals surface area (Å²) in [7, 11) is 0. The predicted molar refractivity (Wildman–Crippen MR) is 105 cm³/mol. The average Bonchev–Trinajstić information content (AvgIpc) is 2.70. The molecular formula is C22H25KN2O2-2. The normalized spacial score (nSPS) is 13.9. The summed E-state index contributed by atoms with van der Waals surface area (Å²) in [6.07, 6.45) is 11.4. The molecule has 0 saturated heterocycles. The molecule has 0 aliphatic heterocycles. The molecule has 0 atom stereocenters. The van der Waals surface area contributed by atoms with Gasteiger partial charge in [-0.3, -0.25) is 4.79 Å². The number of rotatable bonds is 5. The van der Waals surface area contributed by atoms with Gasteiger partial charge in [0.2, 0.25) is 5.91 Å². The van der Waals surface area contributed by atoms with E-state index in [1.54, 1.807) is 12.4 Å². The maximum Gasteiger partial charge on any atom is 1.00 e. The van der Waals surface area contributed by atoms with Crippen molar-refractivity contribution in [3.63, 3.8) is 0 Å². The summed E-state index contributed by atoms with van der Waals surface area (Å²) in [4.78, 5) is 21.8. The monoisotopic (exact) mass is 388 g/mol. The number of hydrogen-bond donors (Lipinski definition) is 1. The Bertz CT molecular complexity index is 689. The van der Waals surface area contributed by atoms with E-state index in [4.69, 9.17) is 5.26 Å². The first-order valence-corrected chi connectivity index (χ1v) is 8.75. The molecule has 0 unspecified atom stereocenters. The van der Waals surface area contributed by atoms with E-state index in [2.05, 4.69) is 31.3 Å². The van der Waals surface area contributed by atoms with Gasteiger partial charge < -0.3 is 35.1 Å². The van der Waals surface area contributed by atoms with Crippen LogP contribution in [0.2, 0.25) is 0 Å². The van der Waals surface area contributed by atoms with Gasteiger partial charge in [0.15, 0.2) is 0 Å². The quantitative estimate of drug-likeness (QED) is 0.360. The molecule has 1 saturated carbocycles. The Morgan fingerprint density at radius 2 is 2.15 bits per heavy atom. The molecule has 138 valence electrons. The number of amides is 1. The van der Waals surface area contributed by atoms with E-state index in [0.29, 0.717) is 11.1 Å². The molecule has 4 nitrogen and oxygen atoms in total. The molecule has 1 aromatic rings. The topological polar surface area (TPSA) is 70.0 Å². The number of nitrogens with zero attached hydrogens (tertiary/aromatic N) is 1. The minimum atomic E-state index is 0. The molecule has 1 N–H and O–H groups in total. The third-order valence-electron chi connectivity index (χ3n) is 4.25. The van der Waals surface area contributed by atoms with Gasteiger partial charge in [-0.05, 0) is 30.4 Å². The van der Waals surface area contributed by atoms with Gasteiger partial charge >= 0.3 is 51.4 Å². The second-order valence-corrected chi connectivity index (χ2v) is 5.93. The predicted octanol–water partition coefficient (Wildman–Crippen LogP) is 1.50. The second-order valence-electron chi connectivity index (χ2n) is 5.93. The summed E-state index contributed by atoms with van der Waals surface area (Å²) in [6, 6.07) is 7.75. The number of benzene rings is 1. The number of aryl methyl sites for hydroxylation is 1. The van der Waals surface area contributed by atoms with Crippen LogP contribution >= 0.6 is 0 Å². The van der Waals surface area contributed by atoms with E-state index < -0.39 is 0 Å². The minimum absolute atomic E-state index is 0. The fraction of sp³-hybridized carbons (Fsp3) is 0.318. The van der Waals surface area contributed by atoms with Gasteiger partial charge in [0.25, 0.3) is 0 Å². The van der Waals surface area contributed by atoms with Crippen molar-refractivity contribution in [1.82, 2.24) is 0 Å². The second kappa shape index (κ2) is 14.8. The maximum atomic E-state index is 12.1. The molecule has 5 heteroatoms. The van der Waals surface area contributed by atoms with Crippen molar-refractivity contribution in [2.75, 3.05) is 5.32 Å². The zero-order chi connectivity index (χ0) is 19.4. The van der Waals surface area contributed by atoms with Crippen LogP contribution in [-0.4, -0.2) is 12.2 Å². The van der Waals surface area contributed by atoms with E-state index in [-0.39, 0.29) is 63.2 Å². The van der Waals surface area contributed by atoms with Gasteiger partial charge in [-0.2, -0.15) is 24.7 Å². The van der Waals surface area contributed by atoms with Crippen LogP contribution in [-0.2, 0) is 16.0 Å². The number of anilines is 1. The Morgan fingerprint density at radius 1 is 1.48 bits per heavy atom. The molecule has 1 fully saturated rings. The van der Waals surface area contributed by atoms with Gasteiger partial charge in [0.1, 0.15) is 0 Å². The van der Waals surface area contributed by atoms with Gasteiger partial charge in [0.05, 0.1) is 11.6 Å². The summed E-state index contributed by atoms with van der Waals surface area (Å²) in [6.45, 7) is 8.68. The third-order valence-corrected chi connectivity index (χ3v) is 4.25. The number of carbonyl (C=O) groups is 1. The van der Waals surface area contributed by atoms with Gasteiger partial charge in [-0.1, -0.05) is 25.8 Å². The van der Waals surface area contributed by atoms with Crippen molar-refractivity contribution in [3.8, 4) is 6.07 Å². The van der Waals surface area contributed by atoms with Crippen molar-refractivity contribution in [2.24, 2.45) is 5.92 Å². The Labute approximate surface area is 205 Å². The van der Waals surface area contributed by atoms with E-state index in [1.165, 1.54) is 12.2 Å². The van der Waals surface area contributed by atoms with Gasteiger partial charge in [-0.25, -0.2) is 6.08 Å². The molecular weight excluding hydrogens is 363 g/mol. The Kier molecular flexibility index (Phi) is 14.2. The van der Waals surface area contributed by atoms with Crippen LogP contribution in [0.1, 0.15) is 43.7 Å². The minimum Gasteiger partial charge on any atom is -0.398 e. The smallest absolute Gasteiger partial charge is 0.398 e. The maximum absolute atomic E-state index is 12.1. The molecule has 0 radical (unpaired) electrons. The fourth-order valence-electron chi connectivity index (χ4n) is 2.67. The molecule has 0 bridgehead atoms. The van der Waals surface area contributed by atoms with E-state index in [0.717, 1.165) is 43.4 Å². The Morgan fingerprint density at radius 3 is 2.59 bits per heavy atom. The van der Waals surface area contributed by atoms with E-state index in [1.807, 2.05) is 19.1 Å². The van der Waals surface area contributed by atoms with Crippen LogP contribution in [0.3, 0.4) is 0 Å². The Balaban J connectivity index is 0.000000728. The molecule has 1 aromatic carbocycles. The number of carbonyl (C=O) groups excluding carboxylic acids is 2. The fourth-order valence-corrected chi connectivity index (χ4v) is 2.67. The average molecular weight is 389 g/mol. The van der Waals surface area contributed by atoms with Crippen molar-refractivity contribution in [2.45, 2.75) is 39.0 Å². The van der Waals surface area contributed by atoms with Gasteiger partial charge in [-0.15, -0.1) is 0 Å². The summed E-state index contributed by atoms with van der Waals surface area (Å²) >= 11 is 0. The standard InChI is InChI=1S/C16H19N2O.C6H6O.K/c1-2-12-8-9-15(10-14(12)11-17)18-16(19)13-6-4-3-5-7-13;1-3-6(4-2)5-7;/h3,8-10,13H,2,4-7H2,1H3,(H,18,19);3-4H,1-2H2;/q-1;-2;+1/b;6-3-;. The van der Waals surface area contributed by atoms with Crippen LogP contribution < -0.4 is 56.7 Å². The number of nitrogens with one attached hydrogen (secondary N) is 1. The van der Waals surface area contributed by atoms with E-state index in [9.17, 15) is 9.59 Å². The number of nitriles is 1.